The van der Waals surface area contributed by atoms with Gasteiger partial charge in [-0.3, -0.25) is 4.79 Å². The Hall–Kier alpha value is -3.60. The second kappa shape index (κ2) is 9.45. The third-order valence-electron chi connectivity index (χ3n) is 6.86. The van der Waals surface area contributed by atoms with Crippen molar-refractivity contribution in [2.45, 2.75) is 42.2 Å². The number of hydrogen-bond acceptors (Lipinski definition) is 6. The lowest BCUT2D eigenvalue weighted by atomic mass is 9.85. The van der Waals surface area contributed by atoms with Crippen LogP contribution in [0, 0.1) is 17.2 Å². The molecule has 2 fully saturated rings. The number of nitrogens with zero attached hydrogens (tertiary/aromatic N) is 2. The summed E-state index contributed by atoms with van der Waals surface area (Å²) in [5, 5.41) is 20.3. The normalized spacial score (nSPS) is 22.9. The molecule has 2 heterocycles. The first-order valence-corrected chi connectivity index (χ1v) is 12.7. The maximum Gasteiger partial charge on any atom is 0.339 e. The number of ether oxygens (including phenoxy) is 1. The molecule has 3 aromatic rings. The molecule has 0 aliphatic carbocycles. The van der Waals surface area contributed by atoms with Crippen molar-refractivity contribution < 1.29 is 19.4 Å². The van der Waals surface area contributed by atoms with Crippen LogP contribution in [-0.4, -0.2) is 38.0 Å². The molecule has 3 aromatic carbocycles. The summed E-state index contributed by atoms with van der Waals surface area (Å²) in [6, 6.07) is 27.4. The van der Waals surface area contributed by atoms with Crippen molar-refractivity contribution in [1.82, 2.24) is 4.90 Å². The number of aliphatic hydroxyl groups is 1. The highest BCUT2D eigenvalue weighted by Crippen LogP contribution is 2.55. The van der Waals surface area contributed by atoms with Gasteiger partial charge in [0.2, 0.25) is 5.91 Å². The second-order valence-electron chi connectivity index (χ2n) is 9.59. The van der Waals surface area contributed by atoms with Gasteiger partial charge in [0.25, 0.3) is 0 Å². The molecule has 5 rings (SSSR count). The van der Waals surface area contributed by atoms with E-state index in [0.29, 0.717) is 11.1 Å². The highest BCUT2D eigenvalue weighted by Gasteiger charge is 2.63. The minimum atomic E-state index is -1.02. The Morgan fingerprint density at radius 1 is 0.972 bits per heavy atom. The Labute approximate surface area is 214 Å². The molecule has 182 valence electrons. The molecule has 7 heteroatoms. The number of hydrogen-bond donors (Lipinski definition) is 1. The standard InChI is InChI=1S/C29H26N2O4S/c1-29(2)22(17-30)31-26(33)23(27(31)36-29)24(32)18-13-15-21(16-14-18)28(34)35-25(19-9-5-3-6-10-19)20-11-7-4-8-12-20/h3-16,22-25,27,32H,1-2H3/t22-,23-,24?,27-/m0/s1. The summed E-state index contributed by atoms with van der Waals surface area (Å²) in [7, 11) is 0. The number of thioether (sulfide) groups is 1. The van der Waals surface area contributed by atoms with Gasteiger partial charge >= 0.3 is 5.97 Å². The molecule has 1 N–H and O–H groups in total. The zero-order valence-electron chi connectivity index (χ0n) is 19.9. The van der Waals surface area contributed by atoms with E-state index < -0.39 is 34.9 Å². The van der Waals surface area contributed by atoms with Gasteiger partial charge in [-0.1, -0.05) is 72.8 Å². The van der Waals surface area contributed by atoms with Crippen LogP contribution in [0.3, 0.4) is 0 Å². The third kappa shape index (κ3) is 4.17. The lowest BCUT2D eigenvalue weighted by Gasteiger charge is -2.45. The van der Waals surface area contributed by atoms with Crippen LogP contribution in [0.15, 0.2) is 84.9 Å². The molecule has 0 aromatic heterocycles. The molecule has 1 amide bonds. The van der Waals surface area contributed by atoms with Crippen LogP contribution >= 0.6 is 11.8 Å². The Bertz CT molecular complexity index is 1270. The molecule has 4 atom stereocenters. The van der Waals surface area contributed by atoms with Crippen LogP contribution in [0.1, 0.15) is 53.1 Å². The van der Waals surface area contributed by atoms with E-state index in [1.54, 1.807) is 40.9 Å². The summed E-state index contributed by atoms with van der Waals surface area (Å²) in [4.78, 5) is 27.4. The summed E-state index contributed by atoms with van der Waals surface area (Å²) in [5.74, 6) is -1.32. The van der Waals surface area contributed by atoms with Crippen LogP contribution in [0.5, 0.6) is 0 Å². The number of fused-ring (bicyclic) bond motifs is 1. The average Bonchev–Trinajstić information content (AvgIpc) is 3.14. The van der Waals surface area contributed by atoms with Crippen molar-refractivity contribution in [3.8, 4) is 6.07 Å². The Kier molecular flexibility index (Phi) is 6.33. The van der Waals surface area contributed by atoms with Gasteiger partial charge < -0.3 is 14.7 Å². The summed E-state index contributed by atoms with van der Waals surface area (Å²) in [6.45, 7) is 3.89. The molecule has 2 saturated heterocycles. The number of carbonyl (C=O) groups excluding carboxylic acids is 2. The second-order valence-corrected chi connectivity index (χ2v) is 11.4. The van der Waals surface area contributed by atoms with E-state index in [0.717, 1.165) is 11.1 Å². The molecule has 0 bridgehead atoms. The molecule has 2 aliphatic heterocycles. The van der Waals surface area contributed by atoms with Gasteiger partial charge in [-0.05, 0) is 42.7 Å². The molecule has 1 unspecified atom stereocenters. The fourth-order valence-corrected chi connectivity index (χ4v) is 6.59. The minimum absolute atomic E-state index is 0.214. The van der Waals surface area contributed by atoms with E-state index in [1.807, 2.05) is 74.5 Å². The van der Waals surface area contributed by atoms with Crippen molar-refractivity contribution in [3.05, 3.63) is 107 Å². The molecule has 36 heavy (non-hydrogen) atoms. The zero-order chi connectivity index (χ0) is 25.4. The highest BCUT2D eigenvalue weighted by atomic mass is 32.2. The minimum Gasteiger partial charge on any atom is -0.449 e. The largest absolute Gasteiger partial charge is 0.449 e. The maximum atomic E-state index is 13.0. The summed E-state index contributed by atoms with van der Waals surface area (Å²) >= 11 is 1.54. The monoisotopic (exact) mass is 498 g/mol. The van der Waals surface area contributed by atoms with Crippen LogP contribution in [0.2, 0.25) is 0 Å². The van der Waals surface area contributed by atoms with E-state index in [4.69, 9.17) is 4.74 Å². The smallest absolute Gasteiger partial charge is 0.339 e. The van der Waals surface area contributed by atoms with Crippen LogP contribution in [0.4, 0.5) is 0 Å². The van der Waals surface area contributed by atoms with Crippen molar-refractivity contribution >= 4 is 23.6 Å². The number of aliphatic hydroxyl groups excluding tert-OH is 1. The molecule has 0 saturated carbocycles. The zero-order valence-corrected chi connectivity index (χ0v) is 20.8. The van der Waals surface area contributed by atoms with Gasteiger partial charge in [0.15, 0.2) is 6.10 Å². The summed E-state index contributed by atoms with van der Waals surface area (Å²) in [6.07, 6.45) is -1.58. The molecular weight excluding hydrogens is 472 g/mol. The van der Waals surface area contributed by atoms with Crippen molar-refractivity contribution in [3.63, 3.8) is 0 Å². The first kappa shape index (κ1) is 24.1. The van der Waals surface area contributed by atoms with Gasteiger partial charge in [0.05, 0.1) is 29.0 Å². The molecule has 6 nitrogen and oxygen atoms in total. The Balaban J connectivity index is 1.31. The quantitative estimate of drug-likeness (QED) is 0.385. The molecule has 0 spiro atoms. The summed E-state index contributed by atoms with van der Waals surface area (Å²) in [5.41, 5.74) is 2.63. The first-order chi connectivity index (χ1) is 17.3. The van der Waals surface area contributed by atoms with E-state index in [9.17, 15) is 20.0 Å². The topological polar surface area (TPSA) is 90.6 Å². The number of carbonyl (C=O) groups is 2. The fourth-order valence-electron chi connectivity index (χ4n) is 4.92. The van der Waals surface area contributed by atoms with Crippen LogP contribution < -0.4 is 0 Å². The fraction of sp³-hybridized carbons (Fsp3) is 0.276. The van der Waals surface area contributed by atoms with Gasteiger partial charge in [-0.15, -0.1) is 11.8 Å². The van der Waals surface area contributed by atoms with Gasteiger partial charge in [-0.2, -0.15) is 5.26 Å². The average molecular weight is 499 g/mol. The molecular formula is C29H26N2O4S. The lowest BCUT2D eigenvalue weighted by molar-refractivity contribution is -0.159. The van der Waals surface area contributed by atoms with Crippen LogP contribution in [-0.2, 0) is 9.53 Å². The third-order valence-corrected chi connectivity index (χ3v) is 8.45. The maximum absolute atomic E-state index is 13.0. The van der Waals surface area contributed by atoms with Crippen molar-refractivity contribution in [2.24, 2.45) is 5.92 Å². The first-order valence-electron chi connectivity index (χ1n) is 11.8. The molecule has 0 radical (unpaired) electrons. The number of esters is 1. The van der Waals surface area contributed by atoms with E-state index >= 15 is 0 Å². The SMILES string of the molecule is CC1(C)S[C@H]2[C@@H](C(O)c3ccc(C(=O)OC(c4ccccc4)c4ccccc4)cc3)C(=O)N2[C@H]1C#N. The van der Waals surface area contributed by atoms with Gasteiger partial charge in [-0.25, -0.2) is 4.79 Å². The number of β-lactam (4-membered cyclic amide) rings is 1. The van der Waals surface area contributed by atoms with E-state index in [2.05, 4.69) is 6.07 Å². The van der Waals surface area contributed by atoms with Gasteiger partial charge in [0.1, 0.15) is 6.04 Å². The Morgan fingerprint density at radius 2 is 1.53 bits per heavy atom. The number of rotatable bonds is 6. The van der Waals surface area contributed by atoms with Crippen molar-refractivity contribution in [1.29, 1.82) is 5.26 Å². The van der Waals surface area contributed by atoms with E-state index in [1.165, 1.54) is 0 Å². The Morgan fingerprint density at radius 3 is 2.06 bits per heavy atom. The number of amides is 1. The lowest BCUT2D eigenvalue weighted by Crippen LogP contribution is -2.61. The summed E-state index contributed by atoms with van der Waals surface area (Å²) < 4.78 is 5.52. The van der Waals surface area contributed by atoms with E-state index in [-0.39, 0.29) is 11.3 Å². The highest BCUT2D eigenvalue weighted by molar-refractivity contribution is 8.01. The predicted octanol–water partition coefficient (Wildman–Crippen LogP) is 4.87. The number of benzene rings is 3. The van der Waals surface area contributed by atoms with Gasteiger partial charge in [0, 0.05) is 4.75 Å². The predicted molar refractivity (Wildman–Crippen MR) is 137 cm³/mol. The van der Waals surface area contributed by atoms with Crippen LogP contribution in [0.25, 0.3) is 0 Å². The van der Waals surface area contributed by atoms with Crippen molar-refractivity contribution in [2.75, 3.05) is 0 Å². The number of nitriles is 1. The molecule has 2 aliphatic rings.